The minimum Gasteiger partial charge on any atom is -0.362 e. The fraction of sp³-hybridized carbons (Fsp3) is 0.278. The van der Waals surface area contributed by atoms with Crippen molar-refractivity contribution >= 4 is 29.0 Å². The number of amides is 2. The molecule has 124 valence electrons. The molecule has 24 heavy (non-hydrogen) atoms. The first kappa shape index (κ1) is 16.0. The van der Waals surface area contributed by atoms with Crippen molar-refractivity contribution in [2.75, 3.05) is 35.8 Å². The van der Waals surface area contributed by atoms with E-state index in [0.29, 0.717) is 23.6 Å². The van der Waals surface area contributed by atoms with E-state index in [1.807, 2.05) is 32.3 Å². The SMILES string of the molecule is CC(=O)N1CCc2ccc(NC(=O)c3cccnc3N(C)C)cc21. The van der Waals surface area contributed by atoms with Crippen LogP contribution in [0.15, 0.2) is 36.5 Å². The molecule has 2 heterocycles. The summed E-state index contributed by atoms with van der Waals surface area (Å²) in [4.78, 5) is 32.1. The minimum atomic E-state index is -0.223. The van der Waals surface area contributed by atoms with Crippen LogP contribution < -0.4 is 15.1 Å². The second-order valence-corrected chi connectivity index (χ2v) is 5.99. The van der Waals surface area contributed by atoms with Gasteiger partial charge < -0.3 is 15.1 Å². The van der Waals surface area contributed by atoms with Crippen LogP contribution in [0.25, 0.3) is 0 Å². The average molecular weight is 324 g/mol. The molecule has 3 rings (SSSR count). The average Bonchev–Trinajstić information content (AvgIpc) is 2.98. The van der Waals surface area contributed by atoms with Crippen molar-refractivity contribution in [1.82, 2.24) is 4.98 Å². The molecule has 1 aromatic heterocycles. The number of benzene rings is 1. The van der Waals surface area contributed by atoms with E-state index >= 15 is 0 Å². The molecule has 1 aliphatic heterocycles. The van der Waals surface area contributed by atoms with Gasteiger partial charge in [0.15, 0.2) is 0 Å². The first-order valence-corrected chi connectivity index (χ1v) is 7.82. The molecule has 0 saturated carbocycles. The molecule has 0 aliphatic carbocycles. The second-order valence-electron chi connectivity index (χ2n) is 5.99. The van der Waals surface area contributed by atoms with E-state index in [1.54, 1.807) is 35.1 Å². The Bertz CT molecular complexity index is 801. The topological polar surface area (TPSA) is 65.5 Å². The zero-order valence-electron chi connectivity index (χ0n) is 14.0. The number of rotatable bonds is 3. The number of hydrogen-bond donors (Lipinski definition) is 1. The second kappa shape index (κ2) is 6.31. The van der Waals surface area contributed by atoms with Gasteiger partial charge in [0.1, 0.15) is 5.82 Å². The van der Waals surface area contributed by atoms with Gasteiger partial charge in [-0.25, -0.2) is 4.98 Å². The lowest BCUT2D eigenvalue weighted by Crippen LogP contribution is -2.26. The molecule has 1 aliphatic rings. The summed E-state index contributed by atoms with van der Waals surface area (Å²) < 4.78 is 0. The number of fused-ring (bicyclic) bond motifs is 1. The van der Waals surface area contributed by atoms with Crippen LogP contribution in [0, 0.1) is 0 Å². The molecule has 2 aromatic rings. The van der Waals surface area contributed by atoms with Crippen LogP contribution in [0.3, 0.4) is 0 Å². The zero-order valence-corrected chi connectivity index (χ0v) is 14.0. The Balaban J connectivity index is 1.86. The third kappa shape index (κ3) is 2.95. The molecule has 6 heteroatoms. The maximum atomic E-state index is 12.6. The van der Waals surface area contributed by atoms with Gasteiger partial charge in [-0.05, 0) is 36.2 Å². The first-order chi connectivity index (χ1) is 11.5. The number of nitrogens with zero attached hydrogens (tertiary/aromatic N) is 3. The van der Waals surface area contributed by atoms with Gasteiger partial charge in [0.2, 0.25) is 5.91 Å². The van der Waals surface area contributed by atoms with Gasteiger partial charge in [0.05, 0.1) is 5.56 Å². The molecule has 0 saturated heterocycles. The Hall–Kier alpha value is -2.89. The number of hydrogen-bond acceptors (Lipinski definition) is 4. The van der Waals surface area contributed by atoms with Crippen LogP contribution in [-0.2, 0) is 11.2 Å². The van der Waals surface area contributed by atoms with Crippen LogP contribution in [-0.4, -0.2) is 37.4 Å². The number of nitrogens with one attached hydrogen (secondary N) is 1. The number of carbonyl (C=O) groups is 2. The molecule has 0 spiro atoms. The zero-order chi connectivity index (χ0) is 17.3. The van der Waals surface area contributed by atoms with Crippen molar-refractivity contribution in [3.8, 4) is 0 Å². The van der Waals surface area contributed by atoms with Crippen molar-refractivity contribution < 1.29 is 9.59 Å². The minimum absolute atomic E-state index is 0.0133. The van der Waals surface area contributed by atoms with Gasteiger partial charge in [-0.1, -0.05) is 6.07 Å². The predicted octanol–water partition coefficient (Wildman–Crippen LogP) is 2.31. The van der Waals surface area contributed by atoms with Gasteiger partial charge in [-0.15, -0.1) is 0 Å². The fourth-order valence-corrected chi connectivity index (χ4v) is 2.91. The van der Waals surface area contributed by atoms with Gasteiger partial charge in [0, 0.05) is 45.1 Å². The summed E-state index contributed by atoms with van der Waals surface area (Å²) in [6.45, 7) is 2.24. The summed E-state index contributed by atoms with van der Waals surface area (Å²) in [5.41, 5.74) is 3.17. The molecular formula is C18H20N4O2. The summed E-state index contributed by atoms with van der Waals surface area (Å²) in [6.07, 6.45) is 2.50. The van der Waals surface area contributed by atoms with Gasteiger partial charge >= 0.3 is 0 Å². The molecular weight excluding hydrogens is 304 g/mol. The Morgan fingerprint density at radius 1 is 1.25 bits per heavy atom. The number of anilines is 3. The Morgan fingerprint density at radius 2 is 2.04 bits per heavy atom. The van der Waals surface area contributed by atoms with E-state index < -0.39 is 0 Å². The number of pyridine rings is 1. The molecule has 1 N–H and O–H groups in total. The standard InChI is InChI=1S/C18H20N4O2/c1-12(23)22-10-8-13-6-7-14(11-16(13)22)20-18(24)15-5-4-9-19-17(15)21(2)3/h4-7,9,11H,8,10H2,1-3H3,(H,20,24). The Morgan fingerprint density at radius 3 is 2.75 bits per heavy atom. The lowest BCUT2D eigenvalue weighted by atomic mass is 10.1. The van der Waals surface area contributed by atoms with Crippen molar-refractivity contribution in [1.29, 1.82) is 0 Å². The molecule has 0 fully saturated rings. The number of carbonyl (C=O) groups excluding carboxylic acids is 2. The lowest BCUT2D eigenvalue weighted by molar-refractivity contribution is -0.116. The highest BCUT2D eigenvalue weighted by Gasteiger charge is 2.23. The summed E-state index contributed by atoms with van der Waals surface area (Å²) >= 11 is 0. The van der Waals surface area contributed by atoms with Crippen LogP contribution in [0.2, 0.25) is 0 Å². The van der Waals surface area contributed by atoms with E-state index in [0.717, 1.165) is 17.7 Å². The van der Waals surface area contributed by atoms with Crippen molar-refractivity contribution in [3.63, 3.8) is 0 Å². The molecule has 0 unspecified atom stereocenters. The fourth-order valence-electron chi connectivity index (χ4n) is 2.91. The summed E-state index contributed by atoms with van der Waals surface area (Å²) in [6, 6.07) is 9.17. The summed E-state index contributed by atoms with van der Waals surface area (Å²) in [5.74, 6) is 0.403. The molecule has 2 amide bonds. The predicted molar refractivity (Wildman–Crippen MR) is 94.7 cm³/mol. The summed E-state index contributed by atoms with van der Waals surface area (Å²) in [5, 5.41) is 2.90. The van der Waals surface area contributed by atoms with Crippen LogP contribution in [0.5, 0.6) is 0 Å². The summed E-state index contributed by atoms with van der Waals surface area (Å²) in [7, 11) is 3.69. The van der Waals surface area contributed by atoms with E-state index in [-0.39, 0.29) is 11.8 Å². The molecule has 0 bridgehead atoms. The molecule has 0 radical (unpaired) electrons. The molecule has 0 atom stereocenters. The Kier molecular flexibility index (Phi) is 4.20. The van der Waals surface area contributed by atoms with E-state index in [1.165, 1.54) is 0 Å². The largest absolute Gasteiger partial charge is 0.362 e. The highest BCUT2D eigenvalue weighted by Crippen LogP contribution is 2.31. The van der Waals surface area contributed by atoms with Gasteiger partial charge in [-0.2, -0.15) is 0 Å². The molecule has 1 aromatic carbocycles. The Labute approximate surface area is 141 Å². The maximum absolute atomic E-state index is 12.6. The van der Waals surface area contributed by atoms with Gasteiger partial charge in [-0.3, -0.25) is 9.59 Å². The number of aromatic nitrogens is 1. The lowest BCUT2D eigenvalue weighted by Gasteiger charge is -2.17. The van der Waals surface area contributed by atoms with E-state index in [9.17, 15) is 9.59 Å². The van der Waals surface area contributed by atoms with Crippen molar-refractivity contribution in [3.05, 3.63) is 47.7 Å². The highest BCUT2D eigenvalue weighted by atomic mass is 16.2. The third-order valence-electron chi connectivity index (χ3n) is 4.07. The van der Waals surface area contributed by atoms with Crippen molar-refractivity contribution in [2.45, 2.75) is 13.3 Å². The van der Waals surface area contributed by atoms with Gasteiger partial charge in [0.25, 0.3) is 5.91 Å². The quantitative estimate of drug-likeness (QED) is 0.941. The normalized spacial score (nSPS) is 12.7. The monoisotopic (exact) mass is 324 g/mol. The van der Waals surface area contributed by atoms with Crippen LogP contribution >= 0.6 is 0 Å². The van der Waals surface area contributed by atoms with Crippen molar-refractivity contribution in [2.24, 2.45) is 0 Å². The van der Waals surface area contributed by atoms with Crippen LogP contribution in [0.4, 0.5) is 17.2 Å². The van der Waals surface area contributed by atoms with E-state index in [4.69, 9.17) is 0 Å². The highest BCUT2D eigenvalue weighted by molar-refractivity contribution is 6.08. The smallest absolute Gasteiger partial charge is 0.259 e. The molecule has 6 nitrogen and oxygen atoms in total. The third-order valence-corrected chi connectivity index (χ3v) is 4.07. The van der Waals surface area contributed by atoms with E-state index in [2.05, 4.69) is 10.3 Å². The van der Waals surface area contributed by atoms with Crippen LogP contribution in [0.1, 0.15) is 22.8 Å². The maximum Gasteiger partial charge on any atom is 0.259 e. The first-order valence-electron chi connectivity index (χ1n) is 7.82.